The standard InChI is InChI=1S/C13H17N3O/c14-8-12-11(4-3-7-15-12)16-9-13(10-17)5-1-2-6-13/h3-4,7,16-17H,1-2,5-6,9-10H2. The quantitative estimate of drug-likeness (QED) is 0.830. The molecule has 4 heteroatoms. The normalized spacial score (nSPS) is 17.6. The lowest BCUT2D eigenvalue weighted by Crippen LogP contribution is -2.30. The maximum absolute atomic E-state index is 9.50. The maximum atomic E-state index is 9.50. The number of aliphatic hydroxyl groups excluding tert-OH is 1. The second-order valence-electron chi connectivity index (χ2n) is 4.73. The Bertz CT molecular complexity index is 419. The zero-order valence-corrected chi connectivity index (χ0v) is 9.82. The Morgan fingerprint density at radius 1 is 1.47 bits per heavy atom. The molecule has 1 saturated carbocycles. The number of hydrogen-bond donors (Lipinski definition) is 2. The number of aromatic nitrogens is 1. The molecule has 0 bridgehead atoms. The van der Waals surface area contributed by atoms with Crippen LogP contribution in [0.2, 0.25) is 0 Å². The molecule has 90 valence electrons. The third-order valence-corrected chi connectivity index (χ3v) is 3.57. The molecule has 1 aromatic rings. The van der Waals surface area contributed by atoms with E-state index in [1.807, 2.05) is 12.1 Å². The van der Waals surface area contributed by atoms with E-state index in [1.165, 1.54) is 12.8 Å². The number of anilines is 1. The van der Waals surface area contributed by atoms with Gasteiger partial charge in [0.25, 0.3) is 0 Å². The van der Waals surface area contributed by atoms with Crippen LogP contribution in [0.3, 0.4) is 0 Å². The SMILES string of the molecule is N#Cc1ncccc1NCC1(CO)CCCC1. The number of hydrogen-bond acceptors (Lipinski definition) is 4. The van der Waals surface area contributed by atoms with Gasteiger partial charge in [0.1, 0.15) is 6.07 Å². The topological polar surface area (TPSA) is 68.9 Å². The predicted molar refractivity (Wildman–Crippen MR) is 65.4 cm³/mol. The minimum Gasteiger partial charge on any atom is -0.396 e. The van der Waals surface area contributed by atoms with Crippen LogP contribution >= 0.6 is 0 Å². The lowest BCUT2D eigenvalue weighted by atomic mass is 9.87. The Morgan fingerprint density at radius 2 is 2.24 bits per heavy atom. The van der Waals surface area contributed by atoms with E-state index in [-0.39, 0.29) is 12.0 Å². The molecule has 1 aliphatic rings. The van der Waals surface area contributed by atoms with Gasteiger partial charge in [-0.05, 0) is 25.0 Å². The van der Waals surface area contributed by atoms with Gasteiger partial charge in [0.2, 0.25) is 0 Å². The molecule has 0 amide bonds. The van der Waals surface area contributed by atoms with Crippen molar-refractivity contribution in [2.75, 3.05) is 18.5 Å². The van der Waals surface area contributed by atoms with Gasteiger partial charge in [0.15, 0.2) is 5.69 Å². The minimum atomic E-state index is -0.0113. The van der Waals surface area contributed by atoms with Crippen molar-refractivity contribution < 1.29 is 5.11 Å². The van der Waals surface area contributed by atoms with Crippen molar-refractivity contribution in [3.63, 3.8) is 0 Å². The lowest BCUT2D eigenvalue weighted by molar-refractivity contribution is 0.142. The first-order valence-corrected chi connectivity index (χ1v) is 5.99. The Labute approximate surface area is 101 Å². The van der Waals surface area contributed by atoms with E-state index < -0.39 is 0 Å². The van der Waals surface area contributed by atoms with Gasteiger partial charge in [-0.15, -0.1) is 0 Å². The van der Waals surface area contributed by atoms with Crippen LogP contribution in [0.1, 0.15) is 31.4 Å². The molecule has 0 spiro atoms. The maximum Gasteiger partial charge on any atom is 0.163 e. The second-order valence-corrected chi connectivity index (χ2v) is 4.73. The monoisotopic (exact) mass is 231 g/mol. The molecule has 1 fully saturated rings. The highest BCUT2D eigenvalue weighted by atomic mass is 16.3. The van der Waals surface area contributed by atoms with E-state index in [2.05, 4.69) is 16.4 Å². The highest BCUT2D eigenvalue weighted by molar-refractivity contribution is 5.53. The van der Waals surface area contributed by atoms with Gasteiger partial charge < -0.3 is 10.4 Å². The lowest BCUT2D eigenvalue weighted by Gasteiger charge is -2.27. The van der Waals surface area contributed by atoms with E-state index >= 15 is 0 Å². The summed E-state index contributed by atoms with van der Waals surface area (Å²) in [5, 5.41) is 21.7. The fourth-order valence-corrected chi connectivity index (χ4v) is 2.44. The molecule has 0 atom stereocenters. The van der Waals surface area contributed by atoms with Gasteiger partial charge in [0, 0.05) is 18.2 Å². The molecule has 2 N–H and O–H groups in total. The first-order valence-electron chi connectivity index (χ1n) is 5.99. The smallest absolute Gasteiger partial charge is 0.163 e. The van der Waals surface area contributed by atoms with E-state index in [1.54, 1.807) is 6.20 Å². The molecule has 0 aliphatic heterocycles. The number of pyridine rings is 1. The predicted octanol–water partition coefficient (Wildman–Crippen LogP) is 1.92. The highest BCUT2D eigenvalue weighted by Crippen LogP contribution is 2.37. The molecule has 2 rings (SSSR count). The zero-order chi connectivity index (χ0) is 12.1. The Balaban J connectivity index is 2.04. The van der Waals surface area contributed by atoms with Crippen molar-refractivity contribution in [1.82, 2.24) is 4.98 Å². The van der Waals surface area contributed by atoms with Crippen LogP contribution in [0.5, 0.6) is 0 Å². The zero-order valence-electron chi connectivity index (χ0n) is 9.82. The van der Waals surface area contributed by atoms with Crippen LogP contribution in [0.4, 0.5) is 5.69 Å². The molecule has 17 heavy (non-hydrogen) atoms. The molecule has 0 saturated heterocycles. The summed E-state index contributed by atoms with van der Waals surface area (Å²) in [6.07, 6.45) is 6.08. The summed E-state index contributed by atoms with van der Waals surface area (Å²) in [6.45, 7) is 0.923. The molecule has 1 aliphatic carbocycles. The fourth-order valence-electron chi connectivity index (χ4n) is 2.44. The Kier molecular flexibility index (Phi) is 3.60. The number of aliphatic hydroxyl groups is 1. The van der Waals surface area contributed by atoms with Crippen LogP contribution in [0.15, 0.2) is 18.3 Å². The average molecular weight is 231 g/mol. The largest absolute Gasteiger partial charge is 0.396 e. The van der Waals surface area contributed by atoms with Crippen molar-refractivity contribution in [3.8, 4) is 6.07 Å². The van der Waals surface area contributed by atoms with Gasteiger partial charge in [-0.3, -0.25) is 0 Å². The van der Waals surface area contributed by atoms with Gasteiger partial charge in [-0.2, -0.15) is 5.26 Å². The van der Waals surface area contributed by atoms with E-state index in [4.69, 9.17) is 5.26 Å². The second kappa shape index (κ2) is 5.15. The number of nitrogens with zero attached hydrogens (tertiary/aromatic N) is 2. The average Bonchev–Trinajstić information content (AvgIpc) is 2.86. The van der Waals surface area contributed by atoms with Gasteiger partial charge in [-0.1, -0.05) is 12.8 Å². The summed E-state index contributed by atoms with van der Waals surface area (Å²) in [4.78, 5) is 4.00. The number of nitriles is 1. The number of nitrogens with one attached hydrogen (secondary N) is 1. The van der Waals surface area contributed by atoms with Crippen LogP contribution in [0.25, 0.3) is 0 Å². The first-order chi connectivity index (χ1) is 8.29. The highest BCUT2D eigenvalue weighted by Gasteiger charge is 2.33. The van der Waals surface area contributed by atoms with Crippen molar-refractivity contribution >= 4 is 5.69 Å². The summed E-state index contributed by atoms with van der Waals surface area (Å²) in [5.74, 6) is 0. The molecule has 0 unspecified atom stereocenters. The molecule has 1 aromatic heterocycles. The van der Waals surface area contributed by atoms with Crippen molar-refractivity contribution in [3.05, 3.63) is 24.0 Å². The number of rotatable bonds is 4. The summed E-state index contributed by atoms with van der Waals surface area (Å²) in [5.41, 5.74) is 1.16. The molecular weight excluding hydrogens is 214 g/mol. The van der Waals surface area contributed by atoms with Crippen LogP contribution in [-0.2, 0) is 0 Å². The van der Waals surface area contributed by atoms with Crippen LogP contribution in [0, 0.1) is 16.7 Å². The summed E-state index contributed by atoms with van der Waals surface area (Å²) in [6, 6.07) is 5.73. The minimum absolute atomic E-state index is 0.0113. The summed E-state index contributed by atoms with van der Waals surface area (Å²) >= 11 is 0. The van der Waals surface area contributed by atoms with Crippen molar-refractivity contribution in [1.29, 1.82) is 5.26 Å². The van der Waals surface area contributed by atoms with Gasteiger partial charge in [-0.25, -0.2) is 4.98 Å². The van der Waals surface area contributed by atoms with E-state index in [9.17, 15) is 5.11 Å². The van der Waals surface area contributed by atoms with Crippen molar-refractivity contribution in [2.24, 2.45) is 5.41 Å². The molecular formula is C13H17N3O. The third kappa shape index (κ3) is 2.56. The van der Waals surface area contributed by atoms with Crippen LogP contribution < -0.4 is 5.32 Å². The molecule has 1 heterocycles. The van der Waals surface area contributed by atoms with E-state index in [0.29, 0.717) is 12.2 Å². The van der Waals surface area contributed by atoms with E-state index in [0.717, 1.165) is 18.5 Å². The third-order valence-electron chi connectivity index (χ3n) is 3.57. The summed E-state index contributed by atoms with van der Waals surface area (Å²) < 4.78 is 0. The fraction of sp³-hybridized carbons (Fsp3) is 0.538. The van der Waals surface area contributed by atoms with Crippen LogP contribution in [-0.4, -0.2) is 23.2 Å². The van der Waals surface area contributed by atoms with Crippen molar-refractivity contribution in [2.45, 2.75) is 25.7 Å². The molecule has 0 aromatic carbocycles. The Hall–Kier alpha value is -1.60. The first kappa shape index (κ1) is 11.9. The Morgan fingerprint density at radius 3 is 2.88 bits per heavy atom. The molecule has 0 radical (unpaired) electrons. The molecule has 4 nitrogen and oxygen atoms in total. The van der Waals surface area contributed by atoms with Gasteiger partial charge >= 0.3 is 0 Å². The van der Waals surface area contributed by atoms with Gasteiger partial charge in [0.05, 0.1) is 12.3 Å². The summed E-state index contributed by atoms with van der Waals surface area (Å²) in [7, 11) is 0.